The summed E-state index contributed by atoms with van der Waals surface area (Å²) >= 11 is 1.89. The van der Waals surface area contributed by atoms with Gasteiger partial charge in [-0.15, -0.1) is 0 Å². The van der Waals surface area contributed by atoms with Crippen LogP contribution in [0.1, 0.15) is 22.3 Å². The Bertz CT molecular complexity index is 678. The molecule has 122 valence electrons. The summed E-state index contributed by atoms with van der Waals surface area (Å²) in [7, 11) is 6.17. The van der Waals surface area contributed by atoms with E-state index in [1.807, 2.05) is 25.9 Å². The van der Waals surface area contributed by atoms with E-state index in [1.54, 1.807) is 0 Å². The zero-order valence-corrected chi connectivity index (χ0v) is 15.4. The fourth-order valence-electron chi connectivity index (χ4n) is 3.13. The molecule has 4 heteroatoms. The summed E-state index contributed by atoms with van der Waals surface area (Å²) in [6, 6.07) is 9.30. The van der Waals surface area contributed by atoms with Crippen molar-refractivity contribution in [3.63, 3.8) is 0 Å². The molecule has 0 atom stereocenters. The van der Waals surface area contributed by atoms with Crippen molar-refractivity contribution in [2.75, 3.05) is 26.0 Å². The van der Waals surface area contributed by atoms with Crippen molar-refractivity contribution in [2.24, 2.45) is 0 Å². The maximum atomic E-state index is 3.26. The molecular weight excluding hydrogens is 302 g/mol. The molecule has 1 aliphatic heterocycles. The molecule has 2 N–H and O–H groups in total. The lowest BCUT2D eigenvalue weighted by Gasteiger charge is -2.31. The molecule has 3 rings (SSSR count). The number of aryl methyl sites for hydroxylation is 2. The van der Waals surface area contributed by atoms with Crippen molar-refractivity contribution in [3.05, 3.63) is 46.5 Å². The van der Waals surface area contributed by atoms with E-state index in [1.165, 1.54) is 43.4 Å². The second-order valence-electron chi connectivity index (χ2n) is 6.21. The Morgan fingerprint density at radius 2 is 1.26 bits per heavy atom. The van der Waals surface area contributed by atoms with E-state index in [2.05, 4.69) is 60.7 Å². The van der Waals surface area contributed by atoms with E-state index in [-0.39, 0.29) is 0 Å². The average molecular weight is 327 g/mol. The van der Waals surface area contributed by atoms with Crippen LogP contribution < -0.4 is 15.5 Å². The highest BCUT2D eigenvalue weighted by Gasteiger charge is 2.23. The van der Waals surface area contributed by atoms with Gasteiger partial charge in [0.25, 0.3) is 0 Å². The quantitative estimate of drug-likeness (QED) is 0.888. The maximum Gasteiger partial charge on any atom is 0.0553 e. The van der Waals surface area contributed by atoms with E-state index < -0.39 is 0 Å². The number of anilines is 2. The number of fused-ring (bicyclic) bond motifs is 2. The molecule has 1 heterocycles. The Morgan fingerprint density at radius 3 is 1.65 bits per heavy atom. The van der Waals surface area contributed by atoms with Crippen molar-refractivity contribution in [2.45, 2.75) is 36.7 Å². The molecule has 0 unspecified atom stereocenters. The molecule has 0 radical (unpaired) electrons. The van der Waals surface area contributed by atoms with E-state index >= 15 is 0 Å². The molecule has 0 saturated heterocycles. The van der Waals surface area contributed by atoms with Gasteiger partial charge in [0, 0.05) is 29.9 Å². The van der Waals surface area contributed by atoms with Gasteiger partial charge in [-0.1, -0.05) is 11.8 Å². The summed E-state index contributed by atoms with van der Waals surface area (Å²) in [6.45, 7) is 6.22. The van der Waals surface area contributed by atoms with Crippen LogP contribution in [0.4, 0.5) is 11.4 Å². The Balaban J connectivity index is 2.06. The highest BCUT2D eigenvalue weighted by atomic mass is 32.2. The third kappa shape index (κ3) is 2.99. The molecule has 0 amide bonds. The number of nitrogens with zero attached hydrogens (tertiary/aromatic N) is 1. The summed E-state index contributed by atoms with van der Waals surface area (Å²) in [5.74, 6) is 0. The SMILES string of the molecule is CNCc1cc2c(cc1C)N(C)c1cc(C)c(CNC)cc1S2. The highest BCUT2D eigenvalue weighted by Crippen LogP contribution is 2.49. The van der Waals surface area contributed by atoms with Crippen molar-refractivity contribution in [3.8, 4) is 0 Å². The van der Waals surface area contributed by atoms with Gasteiger partial charge in [-0.25, -0.2) is 0 Å². The summed E-state index contributed by atoms with van der Waals surface area (Å²) in [5.41, 5.74) is 8.05. The second kappa shape index (κ2) is 6.56. The van der Waals surface area contributed by atoms with E-state index in [9.17, 15) is 0 Å². The van der Waals surface area contributed by atoms with Gasteiger partial charge in [0.1, 0.15) is 0 Å². The molecular formula is C19H25N3S. The third-order valence-corrected chi connectivity index (χ3v) is 5.61. The summed E-state index contributed by atoms with van der Waals surface area (Å²) in [6.07, 6.45) is 0. The van der Waals surface area contributed by atoms with Crippen LogP contribution in [0.15, 0.2) is 34.1 Å². The minimum atomic E-state index is 0.912. The fraction of sp³-hybridized carbons (Fsp3) is 0.368. The first-order chi connectivity index (χ1) is 11.0. The number of benzene rings is 2. The van der Waals surface area contributed by atoms with Crippen LogP contribution in [0.25, 0.3) is 0 Å². The van der Waals surface area contributed by atoms with E-state index in [4.69, 9.17) is 0 Å². The monoisotopic (exact) mass is 327 g/mol. The molecule has 2 aromatic rings. The first kappa shape index (κ1) is 16.4. The Labute approximate surface area is 143 Å². The van der Waals surface area contributed by atoms with Gasteiger partial charge in [-0.2, -0.15) is 0 Å². The Hall–Kier alpha value is -1.49. The molecule has 23 heavy (non-hydrogen) atoms. The lowest BCUT2D eigenvalue weighted by atomic mass is 10.0. The van der Waals surface area contributed by atoms with Gasteiger partial charge < -0.3 is 15.5 Å². The average Bonchev–Trinajstić information content (AvgIpc) is 2.52. The maximum absolute atomic E-state index is 3.26. The van der Waals surface area contributed by atoms with Crippen LogP contribution in [0.5, 0.6) is 0 Å². The normalized spacial score (nSPS) is 13.0. The number of nitrogens with one attached hydrogen (secondary N) is 2. The molecule has 0 spiro atoms. The molecule has 1 aliphatic rings. The Morgan fingerprint density at radius 1 is 0.826 bits per heavy atom. The van der Waals surface area contributed by atoms with Gasteiger partial charge in [0.15, 0.2) is 0 Å². The van der Waals surface area contributed by atoms with Gasteiger partial charge in [-0.3, -0.25) is 0 Å². The Kier molecular flexibility index (Phi) is 4.67. The minimum absolute atomic E-state index is 0.912. The number of hydrogen-bond acceptors (Lipinski definition) is 4. The third-order valence-electron chi connectivity index (χ3n) is 4.51. The van der Waals surface area contributed by atoms with Crippen LogP contribution in [-0.4, -0.2) is 21.1 Å². The smallest absolute Gasteiger partial charge is 0.0553 e. The summed E-state index contributed by atoms with van der Waals surface area (Å²) in [5, 5.41) is 6.53. The first-order valence-electron chi connectivity index (χ1n) is 8.03. The van der Waals surface area contributed by atoms with Crippen molar-refractivity contribution < 1.29 is 0 Å². The zero-order chi connectivity index (χ0) is 16.6. The largest absolute Gasteiger partial charge is 0.343 e. The summed E-state index contributed by atoms with van der Waals surface area (Å²) < 4.78 is 0. The topological polar surface area (TPSA) is 27.3 Å². The van der Waals surface area contributed by atoms with E-state index in [0.29, 0.717) is 0 Å². The first-order valence-corrected chi connectivity index (χ1v) is 8.84. The molecule has 0 aliphatic carbocycles. The van der Waals surface area contributed by atoms with Crippen molar-refractivity contribution in [1.82, 2.24) is 10.6 Å². The van der Waals surface area contributed by atoms with Crippen molar-refractivity contribution in [1.29, 1.82) is 0 Å². The molecule has 0 aromatic heterocycles. The predicted molar refractivity (Wildman–Crippen MR) is 100 cm³/mol. The highest BCUT2D eigenvalue weighted by molar-refractivity contribution is 7.99. The van der Waals surface area contributed by atoms with Gasteiger partial charge in [0.2, 0.25) is 0 Å². The number of rotatable bonds is 4. The van der Waals surface area contributed by atoms with Crippen LogP contribution in [0, 0.1) is 13.8 Å². The van der Waals surface area contributed by atoms with Crippen LogP contribution in [0.3, 0.4) is 0 Å². The van der Waals surface area contributed by atoms with Crippen molar-refractivity contribution >= 4 is 23.1 Å². The molecule has 0 fully saturated rings. The summed E-state index contributed by atoms with van der Waals surface area (Å²) in [4.78, 5) is 5.01. The molecule has 2 aromatic carbocycles. The van der Waals surface area contributed by atoms with Crippen LogP contribution in [-0.2, 0) is 13.1 Å². The predicted octanol–water partition coefficient (Wildman–Crippen LogP) is 3.97. The fourth-order valence-corrected chi connectivity index (χ4v) is 4.37. The van der Waals surface area contributed by atoms with Gasteiger partial charge in [0.05, 0.1) is 11.4 Å². The lowest BCUT2D eigenvalue weighted by Crippen LogP contribution is -2.17. The lowest BCUT2D eigenvalue weighted by molar-refractivity contribution is 0.806. The standard InChI is InChI=1S/C19H25N3S/c1-12-6-16-18(8-14(12)10-20-3)23-19-9-15(11-21-4)13(2)7-17(19)22(16)5/h6-9,20-21H,10-11H2,1-5H3. The second-order valence-corrected chi connectivity index (χ2v) is 7.30. The van der Waals surface area contributed by atoms with Crippen LogP contribution in [0.2, 0.25) is 0 Å². The van der Waals surface area contributed by atoms with Gasteiger partial charge >= 0.3 is 0 Å². The van der Waals surface area contributed by atoms with Gasteiger partial charge in [-0.05, 0) is 74.5 Å². The molecule has 3 nitrogen and oxygen atoms in total. The van der Waals surface area contributed by atoms with Crippen LogP contribution >= 0.6 is 11.8 Å². The minimum Gasteiger partial charge on any atom is -0.343 e. The molecule has 0 bridgehead atoms. The van der Waals surface area contributed by atoms with E-state index in [0.717, 1.165) is 13.1 Å². The molecule has 0 saturated carbocycles. The number of hydrogen-bond donors (Lipinski definition) is 2. The zero-order valence-electron chi connectivity index (χ0n) is 14.6.